The third kappa shape index (κ3) is 4.33. The molecule has 3 aromatic rings. The number of rotatable bonds is 7. The number of hydrogen-bond acceptors (Lipinski definition) is 2. The molecule has 0 aliphatic carbocycles. The lowest BCUT2D eigenvalue weighted by atomic mass is 9.95. The van der Waals surface area contributed by atoms with Gasteiger partial charge < -0.3 is 10.1 Å². The van der Waals surface area contributed by atoms with Gasteiger partial charge in [-0.05, 0) is 59.4 Å². The van der Waals surface area contributed by atoms with Gasteiger partial charge >= 0.3 is 0 Å². The van der Waals surface area contributed by atoms with E-state index in [0.29, 0.717) is 6.04 Å². The highest BCUT2D eigenvalue weighted by Crippen LogP contribution is 2.27. The summed E-state index contributed by atoms with van der Waals surface area (Å²) in [6.07, 6.45) is 1.02. The molecule has 0 aromatic heterocycles. The predicted octanol–water partition coefficient (Wildman–Crippen LogP) is 5.78. The van der Waals surface area contributed by atoms with Gasteiger partial charge in [0.2, 0.25) is 0 Å². The van der Waals surface area contributed by atoms with Crippen LogP contribution in [0.15, 0.2) is 72.8 Å². The Balaban J connectivity index is 1.78. The zero-order valence-corrected chi connectivity index (χ0v) is 15.8. The second kappa shape index (κ2) is 8.68. The van der Waals surface area contributed by atoms with E-state index in [1.54, 1.807) is 7.11 Å². The first-order valence-electron chi connectivity index (χ1n) is 9.25. The van der Waals surface area contributed by atoms with E-state index in [1.807, 2.05) is 12.1 Å². The fourth-order valence-corrected chi connectivity index (χ4v) is 3.21. The van der Waals surface area contributed by atoms with Crippen molar-refractivity contribution in [1.82, 2.24) is 5.32 Å². The number of methoxy groups -OCH3 is 1. The Morgan fingerprint density at radius 3 is 2.31 bits per heavy atom. The molecule has 3 aromatic carbocycles. The maximum absolute atomic E-state index is 5.28. The van der Waals surface area contributed by atoms with Crippen LogP contribution in [0.1, 0.15) is 36.6 Å². The third-order valence-corrected chi connectivity index (χ3v) is 4.87. The molecule has 2 heteroatoms. The topological polar surface area (TPSA) is 21.3 Å². The summed E-state index contributed by atoms with van der Waals surface area (Å²) in [5.74, 6) is 0.890. The van der Waals surface area contributed by atoms with Gasteiger partial charge in [0.05, 0.1) is 7.11 Å². The summed E-state index contributed by atoms with van der Waals surface area (Å²) in [5.41, 5.74) is 6.53. The maximum Gasteiger partial charge on any atom is 0.118 e. The van der Waals surface area contributed by atoms with Crippen LogP contribution in [0.3, 0.4) is 0 Å². The van der Waals surface area contributed by atoms with Gasteiger partial charge in [0.15, 0.2) is 0 Å². The molecule has 1 N–H and O–H groups in total. The van der Waals surface area contributed by atoms with E-state index in [0.717, 1.165) is 18.7 Å². The molecule has 0 amide bonds. The molecule has 0 unspecified atom stereocenters. The molecule has 0 heterocycles. The zero-order valence-electron chi connectivity index (χ0n) is 15.8. The number of nitrogens with one attached hydrogen (secondary N) is 1. The molecule has 0 bridgehead atoms. The van der Waals surface area contributed by atoms with Crippen molar-refractivity contribution in [3.63, 3.8) is 0 Å². The van der Waals surface area contributed by atoms with Gasteiger partial charge in [0.25, 0.3) is 0 Å². The number of benzene rings is 3. The average molecular weight is 345 g/mol. The minimum atomic E-state index is 0.325. The Hall–Kier alpha value is -2.58. The van der Waals surface area contributed by atoms with Crippen molar-refractivity contribution in [2.24, 2.45) is 0 Å². The van der Waals surface area contributed by atoms with E-state index in [1.165, 1.54) is 27.8 Å². The van der Waals surface area contributed by atoms with Crippen LogP contribution in [-0.2, 0) is 13.0 Å². The Bertz CT molecular complexity index is 825. The van der Waals surface area contributed by atoms with Gasteiger partial charge in [-0.3, -0.25) is 0 Å². The van der Waals surface area contributed by atoms with Crippen LogP contribution in [0.4, 0.5) is 0 Å². The minimum absolute atomic E-state index is 0.325. The lowest BCUT2D eigenvalue weighted by molar-refractivity contribution is 0.415. The van der Waals surface area contributed by atoms with Crippen molar-refractivity contribution in [3.05, 3.63) is 89.5 Å². The molecule has 26 heavy (non-hydrogen) atoms. The van der Waals surface area contributed by atoms with E-state index in [2.05, 4.69) is 79.8 Å². The highest BCUT2D eigenvalue weighted by molar-refractivity contribution is 5.69. The monoisotopic (exact) mass is 345 g/mol. The summed E-state index contributed by atoms with van der Waals surface area (Å²) < 4.78 is 5.28. The van der Waals surface area contributed by atoms with E-state index in [9.17, 15) is 0 Å². The molecule has 1 atom stereocenters. The Morgan fingerprint density at radius 1 is 0.923 bits per heavy atom. The predicted molar refractivity (Wildman–Crippen MR) is 110 cm³/mol. The number of hydrogen-bond donors (Lipinski definition) is 1. The summed E-state index contributed by atoms with van der Waals surface area (Å²) in [4.78, 5) is 0. The lowest BCUT2D eigenvalue weighted by Crippen LogP contribution is -2.18. The fourth-order valence-electron chi connectivity index (χ4n) is 3.21. The normalized spacial score (nSPS) is 12.0. The first-order valence-corrected chi connectivity index (χ1v) is 9.25. The van der Waals surface area contributed by atoms with Gasteiger partial charge in [-0.2, -0.15) is 0 Å². The SMILES string of the molecule is CCc1ccc(CN[C@H](C)c2ccccc2)cc1-c1ccc(OC)cc1. The standard InChI is InChI=1S/C24H27NO/c1-4-20-11-10-19(17-25-18(2)21-8-6-5-7-9-21)16-24(20)22-12-14-23(26-3)15-13-22/h5-16,18,25H,4,17H2,1-3H3/t18-/m1/s1. The largest absolute Gasteiger partial charge is 0.497 e. The van der Waals surface area contributed by atoms with Crippen LogP contribution >= 0.6 is 0 Å². The molecule has 0 fully saturated rings. The van der Waals surface area contributed by atoms with Crippen molar-refractivity contribution in [3.8, 4) is 16.9 Å². The molecule has 0 spiro atoms. The number of ether oxygens (including phenoxy) is 1. The molecule has 0 radical (unpaired) electrons. The number of aryl methyl sites for hydroxylation is 1. The van der Waals surface area contributed by atoms with Crippen molar-refractivity contribution < 1.29 is 4.74 Å². The lowest BCUT2D eigenvalue weighted by Gasteiger charge is -2.16. The molecule has 0 saturated heterocycles. The Morgan fingerprint density at radius 2 is 1.65 bits per heavy atom. The van der Waals surface area contributed by atoms with Crippen molar-refractivity contribution >= 4 is 0 Å². The van der Waals surface area contributed by atoms with Gasteiger partial charge in [-0.25, -0.2) is 0 Å². The van der Waals surface area contributed by atoms with Gasteiger partial charge in [0.1, 0.15) is 5.75 Å². The molecule has 0 saturated carbocycles. The summed E-state index contributed by atoms with van der Waals surface area (Å²) in [7, 11) is 1.70. The average Bonchev–Trinajstić information content (AvgIpc) is 2.72. The highest BCUT2D eigenvalue weighted by atomic mass is 16.5. The van der Waals surface area contributed by atoms with Crippen LogP contribution in [0.5, 0.6) is 5.75 Å². The van der Waals surface area contributed by atoms with E-state index < -0.39 is 0 Å². The maximum atomic E-state index is 5.28. The molecule has 2 nitrogen and oxygen atoms in total. The fraction of sp³-hybridized carbons (Fsp3) is 0.250. The zero-order chi connectivity index (χ0) is 18.4. The molecule has 0 aliphatic heterocycles. The van der Waals surface area contributed by atoms with Crippen molar-refractivity contribution in [2.45, 2.75) is 32.9 Å². The summed E-state index contributed by atoms with van der Waals surface area (Å²) in [6, 6.07) is 26.0. The molecular formula is C24H27NO. The molecule has 3 rings (SSSR count). The second-order valence-corrected chi connectivity index (χ2v) is 6.59. The first kappa shape index (κ1) is 18.2. The van der Waals surface area contributed by atoms with Crippen LogP contribution in [-0.4, -0.2) is 7.11 Å². The van der Waals surface area contributed by atoms with Crippen molar-refractivity contribution in [2.75, 3.05) is 7.11 Å². The summed E-state index contributed by atoms with van der Waals surface area (Å²) in [5, 5.41) is 3.63. The van der Waals surface area contributed by atoms with Crippen molar-refractivity contribution in [1.29, 1.82) is 0 Å². The van der Waals surface area contributed by atoms with E-state index in [4.69, 9.17) is 4.74 Å². The molecular weight excluding hydrogens is 318 g/mol. The Labute approximate surface area is 156 Å². The summed E-state index contributed by atoms with van der Waals surface area (Å²) in [6.45, 7) is 5.26. The minimum Gasteiger partial charge on any atom is -0.497 e. The van der Waals surface area contributed by atoms with Gasteiger partial charge in [-0.15, -0.1) is 0 Å². The van der Waals surface area contributed by atoms with Crippen LogP contribution in [0.25, 0.3) is 11.1 Å². The van der Waals surface area contributed by atoms with Gasteiger partial charge in [0, 0.05) is 12.6 Å². The van der Waals surface area contributed by atoms with E-state index in [-0.39, 0.29) is 0 Å². The third-order valence-electron chi connectivity index (χ3n) is 4.87. The van der Waals surface area contributed by atoms with Gasteiger partial charge in [-0.1, -0.05) is 61.5 Å². The second-order valence-electron chi connectivity index (χ2n) is 6.59. The van der Waals surface area contributed by atoms with Crippen LogP contribution in [0, 0.1) is 0 Å². The smallest absolute Gasteiger partial charge is 0.118 e. The Kier molecular flexibility index (Phi) is 6.08. The summed E-state index contributed by atoms with van der Waals surface area (Å²) >= 11 is 0. The van der Waals surface area contributed by atoms with Crippen LogP contribution in [0.2, 0.25) is 0 Å². The van der Waals surface area contributed by atoms with Crippen LogP contribution < -0.4 is 10.1 Å². The quantitative estimate of drug-likeness (QED) is 0.586. The highest BCUT2D eigenvalue weighted by Gasteiger charge is 2.08. The first-order chi connectivity index (χ1) is 12.7. The molecule has 134 valence electrons. The van der Waals surface area contributed by atoms with E-state index >= 15 is 0 Å². The molecule has 0 aliphatic rings.